The van der Waals surface area contributed by atoms with E-state index < -0.39 is 28.8 Å². The number of benzene rings is 1. The molecule has 0 aliphatic heterocycles. The molecule has 9 heteroatoms. The van der Waals surface area contributed by atoms with Crippen molar-refractivity contribution in [1.82, 2.24) is 10.3 Å². The molecule has 0 aliphatic rings. The van der Waals surface area contributed by atoms with Gasteiger partial charge in [-0.05, 0) is 53.6 Å². The molecule has 2 aromatic rings. The summed E-state index contributed by atoms with van der Waals surface area (Å²) in [5.74, 6) is -0.972. The number of carbonyl (C=O) groups is 1. The Kier molecular flexibility index (Phi) is 6.17. The van der Waals surface area contributed by atoms with Crippen molar-refractivity contribution < 1.29 is 14.5 Å². The quantitative estimate of drug-likeness (QED) is 0.601. The average molecular weight is 384 g/mol. The lowest BCUT2D eigenvalue weighted by molar-refractivity contribution is -0.390. The van der Waals surface area contributed by atoms with E-state index in [4.69, 9.17) is 27.9 Å². The molecule has 0 radical (unpaired) electrons. The minimum absolute atomic E-state index is 0.0765. The fourth-order valence-electron chi connectivity index (χ4n) is 2.12. The van der Waals surface area contributed by atoms with E-state index in [0.717, 1.165) is 0 Å². The maximum absolute atomic E-state index is 12.3. The van der Waals surface area contributed by atoms with Crippen molar-refractivity contribution in [2.24, 2.45) is 0 Å². The zero-order valence-electron chi connectivity index (χ0n) is 13.4. The highest BCUT2D eigenvalue weighted by molar-refractivity contribution is 6.35. The molecule has 1 heterocycles. The molecule has 0 saturated heterocycles. The van der Waals surface area contributed by atoms with E-state index in [9.17, 15) is 14.9 Å². The molecule has 1 N–H and O–H groups in total. The normalized spacial score (nSPS) is 13.0. The van der Waals surface area contributed by atoms with Crippen molar-refractivity contribution >= 4 is 34.9 Å². The summed E-state index contributed by atoms with van der Waals surface area (Å²) in [6.07, 6.45) is 0.316. The van der Waals surface area contributed by atoms with Crippen LogP contribution in [0.5, 0.6) is 5.75 Å². The molecule has 1 aromatic carbocycles. The first kappa shape index (κ1) is 19.0. The molecule has 2 atom stereocenters. The number of carbonyl (C=O) groups excluding carboxylic acids is 1. The number of aromatic nitrogens is 1. The van der Waals surface area contributed by atoms with Crippen LogP contribution in [0.1, 0.15) is 25.5 Å². The molecule has 132 valence electrons. The summed E-state index contributed by atoms with van der Waals surface area (Å²) in [4.78, 5) is 26.2. The van der Waals surface area contributed by atoms with E-state index in [2.05, 4.69) is 10.3 Å². The largest absolute Gasteiger partial charge is 0.473 e. The number of nitrogens with zero attached hydrogens (tertiary/aromatic N) is 2. The number of nitro groups is 1. The molecule has 2 rings (SSSR count). The highest BCUT2D eigenvalue weighted by Crippen LogP contribution is 2.27. The topological polar surface area (TPSA) is 94.4 Å². The van der Waals surface area contributed by atoms with E-state index in [1.807, 2.05) is 0 Å². The Balaban J connectivity index is 2.06. The number of halogens is 2. The first-order valence-corrected chi connectivity index (χ1v) is 8.06. The third kappa shape index (κ3) is 4.80. The van der Waals surface area contributed by atoms with Crippen molar-refractivity contribution in [2.45, 2.75) is 26.0 Å². The van der Waals surface area contributed by atoms with E-state index in [1.165, 1.54) is 25.3 Å². The Labute approximate surface area is 154 Å². The van der Waals surface area contributed by atoms with Gasteiger partial charge in [-0.3, -0.25) is 4.79 Å². The highest BCUT2D eigenvalue weighted by atomic mass is 35.5. The smallest absolute Gasteiger partial charge is 0.406 e. The molecule has 2 unspecified atom stereocenters. The summed E-state index contributed by atoms with van der Waals surface area (Å²) in [6.45, 7) is 3.24. The molecule has 1 amide bonds. The zero-order valence-corrected chi connectivity index (χ0v) is 14.9. The Hall–Kier alpha value is -2.38. The molecule has 25 heavy (non-hydrogen) atoms. The zero-order chi connectivity index (χ0) is 18.6. The van der Waals surface area contributed by atoms with Crippen molar-refractivity contribution in [1.29, 1.82) is 0 Å². The van der Waals surface area contributed by atoms with Crippen LogP contribution in [0.4, 0.5) is 5.82 Å². The number of rotatable bonds is 6. The molecule has 1 aromatic heterocycles. The second-order valence-corrected chi connectivity index (χ2v) is 6.08. The summed E-state index contributed by atoms with van der Waals surface area (Å²) < 4.78 is 5.38. The molecule has 0 saturated carbocycles. The third-order valence-electron chi connectivity index (χ3n) is 3.38. The van der Waals surface area contributed by atoms with Gasteiger partial charge in [0, 0.05) is 10.0 Å². The van der Waals surface area contributed by atoms with Crippen molar-refractivity contribution in [3.05, 3.63) is 62.3 Å². The van der Waals surface area contributed by atoms with Crippen LogP contribution in [0.3, 0.4) is 0 Å². The van der Waals surface area contributed by atoms with Gasteiger partial charge in [0.05, 0.1) is 6.04 Å². The van der Waals surface area contributed by atoms with Gasteiger partial charge in [0.25, 0.3) is 5.91 Å². The van der Waals surface area contributed by atoms with Gasteiger partial charge in [0.1, 0.15) is 6.20 Å². The fraction of sp³-hybridized carbons (Fsp3) is 0.250. The van der Waals surface area contributed by atoms with Crippen molar-refractivity contribution in [3.8, 4) is 5.75 Å². The Morgan fingerprint density at radius 3 is 2.68 bits per heavy atom. The third-order valence-corrected chi connectivity index (χ3v) is 3.95. The summed E-state index contributed by atoms with van der Waals surface area (Å²) in [6, 6.07) is 7.45. The number of amides is 1. The number of pyridine rings is 1. The van der Waals surface area contributed by atoms with Gasteiger partial charge in [-0.15, -0.1) is 0 Å². The van der Waals surface area contributed by atoms with Crippen LogP contribution in [0.2, 0.25) is 10.0 Å². The van der Waals surface area contributed by atoms with E-state index in [1.54, 1.807) is 25.1 Å². The predicted molar refractivity (Wildman–Crippen MR) is 94.0 cm³/mol. The first-order valence-electron chi connectivity index (χ1n) is 7.31. The fourth-order valence-corrected chi connectivity index (χ4v) is 2.69. The summed E-state index contributed by atoms with van der Waals surface area (Å²) in [5.41, 5.74) is 0.693. The van der Waals surface area contributed by atoms with Crippen LogP contribution in [-0.4, -0.2) is 21.9 Å². The van der Waals surface area contributed by atoms with Crippen molar-refractivity contribution in [3.63, 3.8) is 0 Å². The Bertz CT molecular complexity index is 801. The van der Waals surface area contributed by atoms with E-state index >= 15 is 0 Å². The van der Waals surface area contributed by atoms with Gasteiger partial charge in [-0.25, -0.2) is 0 Å². The van der Waals surface area contributed by atoms with Crippen LogP contribution in [0.25, 0.3) is 0 Å². The van der Waals surface area contributed by atoms with Crippen molar-refractivity contribution in [2.75, 3.05) is 0 Å². The summed E-state index contributed by atoms with van der Waals surface area (Å²) >= 11 is 12.0. The van der Waals surface area contributed by atoms with Gasteiger partial charge >= 0.3 is 5.82 Å². The second-order valence-electron chi connectivity index (χ2n) is 5.24. The number of ether oxygens (including phenoxy) is 1. The monoisotopic (exact) mass is 383 g/mol. The lowest BCUT2D eigenvalue weighted by Gasteiger charge is -2.19. The number of hydrogen-bond donors (Lipinski definition) is 1. The molecule has 0 spiro atoms. The standard InChI is InChI=1S/C16H15Cl2N3O4/c1-9(12-6-5-11(17)8-13(12)18)20-16(22)10(2)25-14-4-3-7-19-15(14)21(23)24/h3-10H,1-2H3,(H,20,22). The predicted octanol–water partition coefficient (Wildman–Crippen LogP) is 3.94. The highest BCUT2D eigenvalue weighted by Gasteiger charge is 2.23. The number of hydrogen-bond acceptors (Lipinski definition) is 5. The SMILES string of the molecule is CC(Oc1cccnc1[N+](=O)[O-])C(=O)NC(C)c1ccc(Cl)cc1Cl. The van der Waals surface area contributed by atoms with Crippen LogP contribution in [0, 0.1) is 10.1 Å². The van der Waals surface area contributed by atoms with Crippen LogP contribution < -0.4 is 10.1 Å². The average Bonchev–Trinajstić information content (AvgIpc) is 2.54. The van der Waals surface area contributed by atoms with E-state index in [0.29, 0.717) is 15.6 Å². The Morgan fingerprint density at radius 2 is 2.04 bits per heavy atom. The minimum atomic E-state index is -0.962. The van der Waals surface area contributed by atoms with Crippen LogP contribution >= 0.6 is 23.2 Å². The first-order chi connectivity index (χ1) is 11.8. The summed E-state index contributed by atoms with van der Waals surface area (Å²) in [5, 5.41) is 14.6. The van der Waals surface area contributed by atoms with Gasteiger partial charge in [-0.1, -0.05) is 29.3 Å². The second kappa shape index (κ2) is 8.13. The summed E-state index contributed by atoms with van der Waals surface area (Å²) in [7, 11) is 0. The molecule has 0 fully saturated rings. The Morgan fingerprint density at radius 1 is 1.32 bits per heavy atom. The molecular formula is C16H15Cl2N3O4. The lowest BCUT2D eigenvalue weighted by atomic mass is 10.1. The van der Waals surface area contributed by atoms with Gasteiger partial charge in [-0.2, -0.15) is 0 Å². The minimum Gasteiger partial charge on any atom is -0.473 e. The molecule has 0 bridgehead atoms. The van der Waals surface area contributed by atoms with Gasteiger partial charge < -0.3 is 20.2 Å². The van der Waals surface area contributed by atoms with Crippen LogP contribution in [-0.2, 0) is 4.79 Å². The maximum Gasteiger partial charge on any atom is 0.406 e. The van der Waals surface area contributed by atoms with Gasteiger partial charge in [0.2, 0.25) is 5.75 Å². The van der Waals surface area contributed by atoms with Crippen LogP contribution in [0.15, 0.2) is 36.5 Å². The molecular weight excluding hydrogens is 369 g/mol. The van der Waals surface area contributed by atoms with E-state index in [-0.39, 0.29) is 5.75 Å². The molecule has 0 aliphatic carbocycles. The maximum atomic E-state index is 12.3. The number of nitrogens with one attached hydrogen (secondary N) is 1. The van der Waals surface area contributed by atoms with Gasteiger partial charge in [0.15, 0.2) is 6.10 Å². The lowest BCUT2D eigenvalue weighted by Crippen LogP contribution is -2.38. The molecule has 7 nitrogen and oxygen atoms in total.